The molecule has 0 aliphatic heterocycles. The van der Waals surface area contributed by atoms with Crippen LogP contribution in [0.5, 0.6) is 0 Å². The molecule has 0 radical (unpaired) electrons. The fourth-order valence-corrected chi connectivity index (χ4v) is 7.10. The minimum atomic E-state index is -0.0801. The highest BCUT2D eigenvalue weighted by Gasteiger charge is 2.60. The van der Waals surface area contributed by atoms with Crippen LogP contribution in [0.15, 0.2) is 0 Å². The molecule has 4 aliphatic carbocycles. The van der Waals surface area contributed by atoms with E-state index in [0.29, 0.717) is 17.1 Å². The van der Waals surface area contributed by atoms with E-state index in [1.54, 1.807) is 0 Å². The predicted molar refractivity (Wildman–Crippen MR) is 90.0 cm³/mol. The van der Waals surface area contributed by atoms with Gasteiger partial charge in [-0.3, -0.25) is 4.79 Å². The lowest BCUT2D eigenvalue weighted by atomic mass is 9.45. The highest BCUT2D eigenvalue weighted by molar-refractivity contribution is 5.87. The lowest BCUT2D eigenvalue weighted by Crippen LogP contribution is -2.54. The van der Waals surface area contributed by atoms with E-state index >= 15 is 0 Å². The number of hydrogen-bond donors (Lipinski definition) is 1. The van der Waals surface area contributed by atoms with Crippen LogP contribution in [0.25, 0.3) is 0 Å². The molecule has 0 spiro atoms. The van der Waals surface area contributed by atoms with Crippen molar-refractivity contribution in [1.29, 1.82) is 0 Å². The first-order chi connectivity index (χ1) is 9.95. The van der Waals surface area contributed by atoms with Crippen molar-refractivity contribution in [3.8, 4) is 0 Å². The molecule has 126 valence electrons. The van der Waals surface area contributed by atoms with Crippen molar-refractivity contribution in [3.63, 3.8) is 0 Å². The Balaban J connectivity index is 0.00000144. The average molecular weight is 327 g/mol. The van der Waals surface area contributed by atoms with Crippen molar-refractivity contribution >= 4 is 18.2 Å². The first-order valence-corrected chi connectivity index (χ1v) is 9.16. The molecule has 22 heavy (non-hydrogen) atoms. The Morgan fingerprint density at radius 1 is 1.00 bits per heavy atom. The number of hydrogen-bond acceptors (Lipinski definition) is 2. The zero-order valence-corrected chi connectivity index (χ0v) is 14.8. The van der Waals surface area contributed by atoms with E-state index < -0.39 is 0 Å². The number of rotatable bonds is 0. The third-order valence-electron chi connectivity index (χ3n) is 8.30. The summed E-state index contributed by atoms with van der Waals surface area (Å²) in [5.41, 5.74) is 0.338. The van der Waals surface area contributed by atoms with Gasteiger partial charge in [0.1, 0.15) is 5.78 Å². The zero-order chi connectivity index (χ0) is 14.8. The SMILES string of the molecule is C[C@]12CC(O)CCC1CC[C@@H]1[C@@H]2CC[C@]2(C)C(=O)CC[C@@H]12.Cl. The average Bonchev–Trinajstić information content (AvgIpc) is 2.74. The fraction of sp³-hybridized carbons (Fsp3) is 0.947. The number of aliphatic hydroxyl groups excluding tert-OH is 1. The van der Waals surface area contributed by atoms with Gasteiger partial charge in [-0.25, -0.2) is 0 Å². The maximum atomic E-state index is 12.4. The normalized spacial score (nSPS) is 54.0. The molecule has 0 aromatic carbocycles. The summed E-state index contributed by atoms with van der Waals surface area (Å²) in [4.78, 5) is 12.4. The number of halogens is 1. The molecule has 0 bridgehead atoms. The van der Waals surface area contributed by atoms with E-state index in [-0.39, 0.29) is 23.9 Å². The number of ketones is 1. The Morgan fingerprint density at radius 2 is 1.73 bits per heavy atom. The minimum absolute atomic E-state index is 0. The number of aliphatic hydroxyl groups is 1. The maximum Gasteiger partial charge on any atom is 0.139 e. The number of fused-ring (bicyclic) bond motifs is 5. The molecule has 0 heterocycles. The second-order valence-corrected chi connectivity index (χ2v) is 9.01. The van der Waals surface area contributed by atoms with Crippen molar-refractivity contribution in [2.75, 3.05) is 0 Å². The van der Waals surface area contributed by atoms with Crippen molar-refractivity contribution in [2.45, 2.75) is 77.7 Å². The van der Waals surface area contributed by atoms with Gasteiger partial charge in [0.2, 0.25) is 0 Å². The lowest BCUT2D eigenvalue weighted by Gasteiger charge is -2.60. The molecule has 0 amide bonds. The van der Waals surface area contributed by atoms with E-state index in [1.807, 2.05) is 0 Å². The van der Waals surface area contributed by atoms with Gasteiger partial charge in [0.05, 0.1) is 6.10 Å². The second kappa shape index (κ2) is 5.48. The van der Waals surface area contributed by atoms with Crippen LogP contribution in [-0.4, -0.2) is 17.0 Å². The molecule has 2 nitrogen and oxygen atoms in total. The predicted octanol–water partition coefficient (Wildman–Crippen LogP) is 4.38. The molecule has 2 unspecified atom stereocenters. The fourth-order valence-electron chi connectivity index (χ4n) is 7.10. The van der Waals surface area contributed by atoms with E-state index in [4.69, 9.17) is 0 Å². The van der Waals surface area contributed by atoms with Gasteiger partial charge in [-0.2, -0.15) is 0 Å². The lowest BCUT2D eigenvalue weighted by molar-refractivity contribution is -0.144. The molecule has 4 rings (SSSR count). The molecular weight excluding hydrogens is 296 g/mol. The van der Waals surface area contributed by atoms with Crippen LogP contribution in [0, 0.1) is 34.5 Å². The summed E-state index contributed by atoms with van der Waals surface area (Å²) in [5, 5.41) is 10.2. The van der Waals surface area contributed by atoms with Crippen molar-refractivity contribution in [2.24, 2.45) is 34.5 Å². The van der Waals surface area contributed by atoms with Gasteiger partial charge < -0.3 is 5.11 Å². The molecular formula is C19H31ClO2. The minimum Gasteiger partial charge on any atom is -0.393 e. The van der Waals surface area contributed by atoms with Crippen molar-refractivity contribution in [1.82, 2.24) is 0 Å². The molecule has 4 aliphatic rings. The molecule has 0 saturated heterocycles. The van der Waals surface area contributed by atoms with Gasteiger partial charge in [0.15, 0.2) is 0 Å². The zero-order valence-electron chi connectivity index (χ0n) is 14.0. The second-order valence-electron chi connectivity index (χ2n) is 9.01. The largest absolute Gasteiger partial charge is 0.393 e. The van der Waals surface area contributed by atoms with E-state index in [2.05, 4.69) is 13.8 Å². The van der Waals surface area contributed by atoms with E-state index in [9.17, 15) is 9.90 Å². The van der Waals surface area contributed by atoms with Gasteiger partial charge in [0, 0.05) is 11.8 Å². The maximum absolute atomic E-state index is 12.4. The summed E-state index contributed by atoms with van der Waals surface area (Å²) in [7, 11) is 0. The van der Waals surface area contributed by atoms with Crippen LogP contribution in [0.2, 0.25) is 0 Å². The molecule has 0 aromatic rings. The van der Waals surface area contributed by atoms with Crippen LogP contribution >= 0.6 is 12.4 Å². The third-order valence-corrected chi connectivity index (χ3v) is 8.30. The molecule has 3 heteroatoms. The van der Waals surface area contributed by atoms with Gasteiger partial charge in [-0.05, 0) is 80.5 Å². The smallest absolute Gasteiger partial charge is 0.139 e. The number of Topliss-reactive ketones (excluding diaryl/α,β-unsaturated/α-hetero) is 1. The summed E-state index contributed by atoms with van der Waals surface area (Å²) in [6.45, 7) is 4.73. The summed E-state index contributed by atoms with van der Waals surface area (Å²) in [5.74, 6) is 3.52. The highest BCUT2D eigenvalue weighted by Crippen LogP contribution is 2.65. The first kappa shape index (κ1) is 16.8. The molecule has 7 atom stereocenters. The molecule has 4 fully saturated rings. The highest BCUT2D eigenvalue weighted by atomic mass is 35.5. The van der Waals surface area contributed by atoms with Crippen molar-refractivity contribution < 1.29 is 9.90 Å². The summed E-state index contributed by atoms with van der Waals surface area (Å²) >= 11 is 0. The topological polar surface area (TPSA) is 37.3 Å². The van der Waals surface area contributed by atoms with Gasteiger partial charge in [0.25, 0.3) is 0 Å². The van der Waals surface area contributed by atoms with Gasteiger partial charge in [-0.1, -0.05) is 13.8 Å². The summed E-state index contributed by atoms with van der Waals surface area (Å²) in [6.07, 6.45) is 10.1. The van der Waals surface area contributed by atoms with Gasteiger partial charge in [-0.15, -0.1) is 12.4 Å². The molecule has 4 saturated carbocycles. The quantitative estimate of drug-likeness (QED) is 0.717. The Labute approximate surface area is 140 Å². The van der Waals surface area contributed by atoms with Crippen LogP contribution in [0.4, 0.5) is 0 Å². The third kappa shape index (κ3) is 2.13. The summed E-state index contributed by atoms with van der Waals surface area (Å²) in [6, 6.07) is 0. The van der Waals surface area contributed by atoms with Crippen LogP contribution in [-0.2, 0) is 4.79 Å². The van der Waals surface area contributed by atoms with Gasteiger partial charge >= 0.3 is 0 Å². The Hall–Kier alpha value is -0.0800. The van der Waals surface area contributed by atoms with Crippen LogP contribution in [0.1, 0.15) is 71.6 Å². The Kier molecular flexibility index (Phi) is 4.18. The monoisotopic (exact) mass is 326 g/mol. The number of carbonyl (C=O) groups excluding carboxylic acids is 1. The molecule has 1 N–H and O–H groups in total. The van der Waals surface area contributed by atoms with Crippen LogP contribution < -0.4 is 0 Å². The Morgan fingerprint density at radius 3 is 2.50 bits per heavy atom. The van der Waals surface area contributed by atoms with Crippen LogP contribution in [0.3, 0.4) is 0 Å². The first-order valence-electron chi connectivity index (χ1n) is 9.16. The standard InChI is InChI=1S/C19H30O2.ClH/c1-18-10-9-16-14(15(18)7-8-17(18)21)6-4-12-3-5-13(20)11-19(12,16)2;/h12-16,20H,3-11H2,1-2H3;1H/t12?,13?,14-,15-,16-,18-,19-;/m0./s1. The summed E-state index contributed by atoms with van der Waals surface area (Å²) < 4.78 is 0. The van der Waals surface area contributed by atoms with E-state index in [1.165, 1.54) is 25.7 Å². The number of carbonyl (C=O) groups is 1. The van der Waals surface area contributed by atoms with Crippen molar-refractivity contribution in [3.05, 3.63) is 0 Å². The Bertz CT molecular complexity index is 464. The molecule has 0 aromatic heterocycles. The van der Waals surface area contributed by atoms with E-state index in [0.717, 1.165) is 49.9 Å².